The predicted octanol–water partition coefficient (Wildman–Crippen LogP) is 2.95. The van der Waals surface area contributed by atoms with Crippen molar-refractivity contribution >= 4 is 5.69 Å². The summed E-state index contributed by atoms with van der Waals surface area (Å²) in [6.45, 7) is 4.03. The van der Waals surface area contributed by atoms with Crippen LogP contribution in [0.4, 0.5) is 5.69 Å². The van der Waals surface area contributed by atoms with E-state index in [-0.39, 0.29) is 0 Å². The molecule has 2 rings (SSSR count). The molecule has 1 aliphatic rings. The Labute approximate surface area is 91.3 Å². The molecule has 0 bridgehead atoms. The minimum atomic E-state index is -0.403. The van der Waals surface area contributed by atoms with E-state index in [4.69, 9.17) is 0 Å². The molecule has 2 heteroatoms. The number of rotatable bonds is 4. The number of aliphatic hydroxyl groups excluding tert-OH is 1. The number of aliphatic hydroxyl groups is 1. The van der Waals surface area contributed by atoms with Crippen molar-refractivity contribution in [1.82, 2.24) is 0 Å². The first kappa shape index (κ1) is 10.5. The Morgan fingerprint density at radius 2 is 1.93 bits per heavy atom. The molecule has 1 fully saturated rings. The molecule has 1 aliphatic carbocycles. The van der Waals surface area contributed by atoms with Crippen LogP contribution in [-0.4, -0.2) is 11.1 Å². The van der Waals surface area contributed by atoms with Gasteiger partial charge in [-0.15, -0.1) is 0 Å². The van der Waals surface area contributed by atoms with E-state index in [1.165, 1.54) is 12.8 Å². The summed E-state index contributed by atoms with van der Waals surface area (Å²) in [6, 6.07) is 8.51. The van der Waals surface area contributed by atoms with Crippen LogP contribution in [0.25, 0.3) is 0 Å². The number of hydrogen-bond acceptors (Lipinski definition) is 2. The molecule has 0 aromatic heterocycles. The second-order valence-electron chi connectivity index (χ2n) is 4.53. The lowest BCUT2D eigenvalue weighted by atomic mass is 10.1. The summed E-state index contributed by atoms with van der Waals surface area (Å²) in [5.41, 5.74) is 2.07. The van der Waals surface area contributed by atoms with Gasteiger partial charge < -0.3 is 10.4 Å². The molecule has 1 aromatic rings. The Morgan fingerprint density at radius 1 is 1.27 bits per heavy atom. The highest BCUT2D eigenvalue weighted by atomic mass is 16.3. The maximum Gasteiger partial charge on any atom is 0.0781 e. The zero-order valence-corrected chi connectivity index (χ0v) is 9.40. The molecule has 2 nitrogen and oxygen atoms in total. The Bertz CT molecular complexity index is 331. The van der Waals surface area contributed by atoms with Crippen molar-refractivity contribution in [2.24, 2.45) is 5.92 Å². The highest BCUT2D eigenvalue weighted by Crippen LogP contribution is 2.35. The van der Waals surface area contributed by atoms with Crippen LogP contribution in [0.3, 0.4) is 0 Å². The third-order valence-corrected chi connectivity index (χ3v) is 3.12. The topological polar surface area (TPSA) is 32.3 Å². The molecule has 2 unspecified atom stereocenters. The molecule has 0 heterocycles. The van der Waals surface area contributed by atoms with E-state index in [1.807, 2.05) is 31.2 Å². The van der Waals surface area contributed by atoms with Crippen molar-refractivity contribution in [2.45, 2.75) is 38.8 Å². The number of hydrogen-bond donors (Lipinski definition) is 2. The van der Waals surface area contributed by atoms with E-state index < -0.39 is 6.10 Å². The molecule has 0 saturated heterocycles. The molecular formula is C13H19NO. The van der Waals surface area contributed by atoms with Gasteiger partial charge in [0.2, 0.25) is 0 Å². The van der Waals surface area contributed by atoms with Crippen LogP contribution in [0.5, 0.6) is 0 Å². The van der Waals surface area contributed by atoms with E-state index in [9.17, 15) is 5.11 Å². The van der Waals surface area contributed by atoms with Crippen LogP contribution >= 0.6 is 0 Å². The average Bonchev–Trinajstić information content (AvgIpc) is 3.01. The van der Waals surface area contributed by atoms with Crippen LogP contribution in [0.15, 0.2) is 24.3 Å². The van der Waals surface area contributed by atoms with Gasteiger partial charge in [0.1, 0.15) is 0 Å². The number of para-hydroxylation sites is 1. The van der Waals surface area contributed by atoms with Crippen LogP contribution in [0, 0.1) is 5.92 Å². The van der Waals surface area contributed by atoms with E-state index >= 15 is 0 Å². The van der Waals surface area contributed by atoms with Gasteiger partial charge in [-0.3, -0.25) is 0 Å². The quantitative estimate of drug-likeness (QED) is 0.792. The zero-order chi connectivity index (χ0) is 10.8. The second-order valence-corrected chi connectivity index (χ2v) is 4.53. The van der Waals surface area contributed by atoms with Crippen molar-refractivity contribution in [2.75, 3.05) is 5.32 Å². The van der Waals surface area contributed by atoms with Crippen LogP contribution in [0.1, 0.15) is 38.4 Å². The molecule has 0 radical (unpaired) electrons. The van der Waals surface area contributed by atoms with Crippen molar-refractivity contribution in [3.63, 3.8) is 0 Å². The second kappa shape index (κ2) is 4.23. The first-order valence-corrected chi connectivity index (χ1v) is 5.72. The highest BCUT2D eigenvalue weighted by Gasteiger charge is 2.28. The lowest BCUT2D eigenvalue weighted by Crippen LogP contribution is -2.18. The summed E-state index contributed by atoms with van der Waals surface area (Å²) >= 11 is 0. The normalized spacial score (nSPS) is 19.7. The van der Waals surface area contributed by atoms with Crippen molar-refractivity contribution in [3.05, 3.63) is 29.8 Å². The van der Waals surface area contributed by atoms with E-state index in [0.29, 0.717) is 6.04 Å². The van der Waals surface area contributed by atoms with Crippen molar-refractivity contribution in [1.29, 1.82) is 0 Å². The molecule has 1 aromatic carbocycles. The summed E-state index contributed by atoms with van der Waals surface area (Å²) in [5, 5.41) is 13.1. The molecule has 2 N–H and O–H groups in total. The molecule has 1 saturated carbocycles. The monoisotopic (exact) mass is 205 g/mol. The van der Waals surface area contributed by atoms with Crippen molar-refractivity contribution in [3.8, 4) is 0 Å². The predicted molar refractivity (Wildman–Crippen MR) is 62.9 cm³/mol. The molecule has 0 amide bonds. The van der Waals surface area contributed by atoms with Gasteiger partial charge >= 0.3 is 0 Å². The van der Waals surface area contributed by atoms with Gasteiger partial charge in [0.15, 0.2) is 0 Å². The van der Waals surface area contributed by atoms with Gasteiger partial charge in [0.25, 0.3) is 0 Å². The average molecular weight is 205 g/mol. The molecule has 15 heavy (non-hydrogen) atoms. The van der Waals surface area contributed by atoms with E-state index in [0.717, 1.165) is 17.2 Å². The summed E-state index contributed by atoms with van der Waals surface area (Å²) in [5.74, 6) is 0.826. The number of benzene rings is 1. The molecule has 0 aliphatic heterocycles. The number of nitrogens with one attached hydrogen (secondary N) is 1. The Kier molecular flexibility index (Phi) is 2.96. The first-order valence-electron chi connectivity index (χ1n) is 5.72. The molecule has 0 spiro atoms. The fourth-order valence-electron chi connectivity index (χ4n) is 1.95. The van der Waals surface area contributed by atoms with E-state index in [1.54, 1.807) is 0 Å². The Hall–Kier alpha value is -1.02. The van der Waals surface area contributed by atoms with Gasteiger partial charge in [-0.25, -0.2) is 0 Å². The van der Waals surface area contributed by atoms with Crippen molar-refractivity contribution < 1.29 is 5.11 Å². The summed E-state index contributed by atoms with van der Waals surface area (Å²) in [6.07, 6.45) is 2.27. The zero-order valence-electron chi connectivity index (χ0n) is 9.40. The molecule has 2 atom stereocenters. The van der Waals surface area contributed by atoms with Gasteiger partial charge in [-0.1, -0.05) is 18.2 Å². The molecule has 82 valence electrons. The first-order chi connectivity index (χ1) is 7.18. The molecular weight excluding hydrogens is 186 g/mol. The largest absolute Gasteiger partial charge is 0.389 e. The SMILES string of the molecule is CC(O)c1ccccc1NC(C)C1CC1. The summed E-state index contributed by atoms with van der Waals surface area (Å²) < 4.78 is 0. The maximum atomic E-state index is 9.63. The number of anilines is 1. The van der Waals surface area contributed by atoms with E-state index in [2.05, 4.69) is 12.2 Å². The highest BCUT2D eigenvalue weighted by molar-refractivity contribution is 5.52. The van der Waals surface area contributed by atoms with Crippen LogP contribution in [0.2, 0.25) is 0 Å². The fourth-order valence-corrected chi connectivity index (χ4v) is 1.95. The minimum Gasteiger partial charge on any atom is -0.389 e. The standard InChI is InChI=1S/C13H19NO/c1-9(11-7-8-11)14-13-6-4-3-5-12(13)10(2)15/h3-6,9-11,14-15H,7-8H2,1-2H3. The Balaban J connectivity index is 2.11. The van der Waals surface area contributed by atoms with Crippen LogP contribution < -0.4 is 5.32 Å². The smallest absolute Gasteiger partial charge is 0.0781 e. The van der Waals surface area contributed by atoms with Gasteiger partial charge in [-0.2, -0.15) is 0 Å². The fraction of sp³-hybridized carbons (Fsp3) is 0.538. The van der Waals surface area contributed by atoms with Gasteiger partial charge in [-0.05, 0) is 38.7 Å². The Morgan fingerprint density at radius 3 is 2.53 bits per heavy atom. The third kappa shape index (κ3) is 2.51. The lowest BCUT2D eigenvalue weighted by Gasteiger charge is -2.18. The summed E-state index contributed by atoms with van der Waals surface area (Å²) in [7, 11) is 0. The van der Waals surface area contributed by atoms with Crippen LogP contribution in [-0.2, 0) is 0 Å². The maximum absolute atomic E-state index is 9.63. The third-order valence-electron chi connectivity index (χ3n) is 3.12. The summed E-state index contributed by atoms with van der Waals surface area (Å²) in [4.78, 5) is 0. The van der Waals surface area contributed by atoms with Gasteiger partial charge in [0, 0.05) is 17.3 Å². The van der Waals surface area contributed by atoms with Gasteiger partial charge in [0.05, 0.1) is 6.10 Å². The lowest BCUT2D eigenvalue weighted by molar-refractivity contribution is 0.200. The minimum absolute atomic E-state index is 0.403.